The number of aliphatic hydroxyl groups excluding tert-OH is 1. The predicted octanol–water partition coefficient (Wildman–Crippen LogP) is 1.96. The number of imidazole rings is 1. The summed E-state index contributed by atoms with van der Waals surface area (Å²) >= 11 is 0. The van der Waals surface area contributed by atoms with Gasteiger partial charge in [0.1, 0.15) is 0 Å². The van der Waals surface area contributed by atoms with Crippen LogP contribution >= 0.6 is 0 Å². The molecule has 2 aliphatic rings. The minimum absolute atomic E-state index is 0.0197. The first kappa shape index (κ1) is 12.2. The molecular formula is C16H20N2O2. The van der Waals surface area contributed by atoms with Crippen molar-refractivity contribution in [1.29, 1.82) is 0 Å². The second-order valence-corrected chi connectivity index (χ2v) is 6.58. The van der Waals surface area contributed by atoms with Gasteiger partial charge in [0.05, 0.1) is 17.1 Å². The van der Waals surface area contributed by atoms with E-state index in [0.717, 1.165) is 41.3 Å². The Bertz CT molecular complexity index is 733. The number of aryl methyl sites for hydroxylation is 2. The maximum atomic E-state index is 11.9. The van der Waals surface area contributed by atoms with E-state index in [0.29, 0.717) is 5.92 Å². The van der Waals surface area contributed by atoms with Crippen molar-refractivity contribution >= 4 is 11.0 Å². The van der Waals surface area contributed by atoms with E-state index >= 15 is 0 Å². The summed E-state index contributed by atoms with van der Waals surface area (Å²) in [6.45, 7) is 0. The van der Waals surface area contributed by atoms with E-state index in [1.54, 1.807) is 23.2 Å². The second kappa shape index (κ2) is 3.98. The molecule has 1 aromatic heterocycles. The molecule has 4 heteroatoms. The SMILES string of the molecule is Cn1c(=O)n(C)c2cc(C(O)C3CC4CC4C3)ccc21. The average molecular weight is 272 g/mol. The standard InChI is InChI=1S/C16H20N2O2/c1-17-13-4-3-9(8-14(13)18(2)16(17)20)15(19)12-6-10-5-11(10)7-12/h3-4,8,10-12,15,19H,5-7H2,1-2H3. The molecule has 3 unspecified atom stereocenters. The zero-order valence-corrected chi connectivity index (χ0v) is 11.9. The van der Waals surface area contributed by atoms with Crippen LogP contribution in [0.4, 0.5) is 0 Å². The molecule has 0 bridgehead atoms. The molecule has 106 valence electrons. The zero-order chi connectivity index (χ0) is 14.0. The van der Waals surface area contributed by atoms with E-state index in [4.69, 9.17) is 0 Å². The van der Waals surface area contributed by atoms with Gasteiger partial charge >= 0.3 is 5.69 Å². The fourth-order valence-corrected chi connectivity index (χ4v) is 4.00. The summed E-state index contributed by atoms with van der Waals surface area (Å²) in [6, 6.07) is 5.90. The molecule has 2 fully saturated rings. The van der Waals surface area contributed by atoms with E-state index in [1.807, 2.05) is 18.2 Å². The van der Waals surface area contributed by atoms with Crippen molar-refractivity contribution in [3.05, 3.63) is 34.2 Å². The Hall–Kier alpha value is -1.55. The van der Waals surface area contributed by atoms with Crippen LogP contribution in [0, 0.1) is 17.8 Å². The maximum Gasteiger partial charge on any atom is 0.328 e. The number of nitrogens with zero attached hydrogens (tertiary/aromatic N) is 2. The summed E-state index contributed by atoms with van der Waals surface area (Å²) in [5.41, 5.74) is 2.75. The summed E-state index contributed by atoms with van der Waals surface area (Å²) in [5.74, 6) is 2.15. The predicted molar refractivity (Wildman–Crippen MR) is 77.4 cm³/mol. The Labute approximate surface area is 117 Å². The Balaban J connectivity index is 1.73. The van der Waals surface area contributed by atoms with E-state index < -0.39 is 0 Å². The number of hydrogen-bond donors (Lipinski definition) is 1. The van der Waals surface area contributed by atoms with Crippen molar-refractivity contribution in [2.24, 2.45) is 31.8 Å². The minimum atomic E-state index is -0.387. The number of aromatic nitrogens is 2. The van der Waals surface area contributed by atoms with Crippen LogP contribution in [0.5, 0.6) is 0 Å². The highest BCUT2D eigenvalue weighted by Crippen LogP contribution is 2.57. The number of fused-ring (bicyclic) bond motifs is 2. The Morgan fingerprint density at radius 3 is 2.45 bits per heavy atom. The quantitative estimate of drug-likeness (QED) is 0.908. The molecule has 1 heterocycles. The van der Waals surface area contributed by atoms with Crippen LogP contribution < -0.4 is 5.69 Å². The molecule has 0 spiro atoms. The van der Waals surface area contributed by atoms with Gasteiger partial charge in [-0.2, -0.15) is 0 Å². The lowest BCUT2D eigenvalue weighted by molar-refractivity contribution is 0.104. The maximum absolute atomic E-state index is 11.9. The molecule has 1 N–H and O–H groups in total. The van der Waals surface area contributed by atoms with E-state index in [-0.39, 0.29) is 11.8 Å². The summed E-state index contributed by atoms with van der Waals surface area (Å²) in [5, 5.41) is 10.6. The van der Waals surface area contributed by atoms with Gasteiger partial charge in [-0.25, -0.2) is 4.79 Å². The van der Waals surface area contributed by atoms with Gasteiger partial charge in [-0.05, 0) is 54.7 Å². The topological polar surface area (TPSA) is 47.2 Å². The van der Waals surface area contributed by atoms with Gasteiger partial charge in [-0.1, -0.05) is 6.07 Å². The third-order valence-corrected chi connectivity index (χ3v) is 5.36. The summed E-state index contributed by atoms with van der Waals surface area (Å²) in [7, 11) is 3.57. The van der Waals surface area contributed by atoms with E-state index in [1.165, 1.54) is 6.42 Å². The van der Waals surface area contributed by atoms with Crippen LogP contribution in [0.25, 0.3) is 11.0 Å². The minimum Gasteiger partial charge on any atom is -0.388 e. The summed E-state index contributed by atoms with van der Waals surface area (Å²) in [4.78, 5) is 11.9. The third kappa shape index (κ3) is 1.61. The van der Waals surface area contributed by atoms with Crippen LogP contribution in [-0.4, -0.2) is 14.2 Å². The van der Waals surface area contributed by atoms with Crippen LogP contribution in [0.2, 0.25) is 0 Å². The molecule has 20 heavy (non-hydrogen) atoms. The molecule has 0 saturated heterocycles. The van der Waals surface area contributed by atoms with Gasteiger partial charge in [-0.15, -0.1) is 0 Å². The molecule has 2 saturated carbocycles. The van der Waals surface area contributed by atoms with Crippen molar-refractivity contribution < 1.29 is 5.11 Å². The van der Waals surface area contributed by atoms with Gasteiger partial charge in [-0.3, -0.25) is 9.13 Å². The smallest absolute Gasteiger partial charge is 0.328 e. The Kier molecular flexibility index (Phi) is 2.43. The van der Waals surface area contributed by atoms with Crippen molar-refractivity contribution in [1.82, 2.24) is 9.13 Å². The van der Waals surface area contributed by atoms with Gasteiger partial charge in [0, 0.05) is 14.1 Å². The Morgan fingerprint density at radius 1 is 1.10 bits per heavy atom. The third-order valence-electron chi connectivity index (χ3n) is 5.36. The zero-order valence-electron chi connectivity index (χ0n) is 11.9. The molecular weight excluding hydrogens is 252 g/mol. The van der Waals surface area contributed by atoms with Crippen molar-refractivity contribution in [2.75, 3.05) is 0 Å². The number of hydrogen-bond acceptors (Lipinski definition) is 2. The highest BCUT2D eigenvalue weighted by molar-refractivity contribution is 5.77. The van der Waals surface area contributed by atoms with Gasteiger partial charge in [0.2, 0.25) is 0 Å². The highest BCUT2D eigenvalue weighted by atomic mass is 16.3. The van der Waals surface area contributed by atoms with Crippen molar-refractivity contribution in [2.45, 2.75) is 25.4 Å². The molecule has 1 aromatic carbocycles. The fraction of sp³-hybridized carbons (Fsp3) is 0.562. The number of benzene rings is 1. The molecule has 0 aliphatic heterocycles. The monoisotopic (exact) mass is 272 g/mol. The normalized spacial score (nSPS) is 29.6. The lowest BCUT2D eigenvalue weighted by Gasteiger charge is -2.20. The summed E-state index contributed by atoms with van der Waals surface area (Å²) < 4.78 is 3.30. The van der Waals surface area contributed by atoms with Gasteiger partial charge in [0.25, 0.3) is 0 Å². The first-order valence-electron chi connectivity index (χ1n) is 7.39. The summed E-state index contributed by atoms with van der Waals surface area (Å²) in [6.07, 6.45) is 3.31. The molecule has 2 aromatic rings. The number of aliphatic hydroxyl groups is 1. The Morgan fingerprint density at radius 2 is 1.75 bits per heavy atom. The van der Waals surface area contributed by atoms with Crippen molar-refractivity contribution in [3.63, 3.8) is 0 Å². The molecule has 0 radical (unpaired) electrons. The fourth-order valence-electron chi connectivity index (χ4n) is 4.00. The second-order valence-electron chi connectivity index (χ2n) is 6.58. The molecule has 0 amide bonds. The molecule has 4 rings (SSSR count). The lowest BCUT2D eigenvalue weighted by atomic mass is 9.91. The van der Waals surface area contributed by atoms with Crippen LogP contribution in [0.15, 0.2) is 23.0 Å². The first-order chi connectivity index (χ1) is 9.56. The molecule has 2 aliphatic carbocycles. The van der Waals surface area contributed by atoms with E-state index in [9.17, 15) is 9.90 Å². The van der Waals surface area contributed by atoms with Crippen molar-refractivity contribution in [3.8, 4) is 0 Å². The van der Waals surface area contributed by atoms with Gasteiger partial charge < -0.3 is 5.11 Å². The largest absolute Gasteiger partial charge is 0.388 e. The van der Waals surface area contributed by atoms with Crippen LogP contribution in [-0.2, 0) is 14.1 Å². The first-order valence-corrected chi connectivity index (χ1v) is 7.39. The molecule has 3 atom stereocenters. The van der Waals surface area contributed by atoms with Crippen LogP contribution in [0.3, 0.4) is 0 Å². The van der Waals surface area contributed by atoms with Gasteiger partial charge in [0.15, 0.2) is 0 Å². The molecule has 4 nitrogen and oxygen atoms in total. The average Bonchev–Trinajstić information content (AvgIpc) is 3.02. The number of rotatable bonds is 2. The highest BCUT2D eigenvalue weighted by Gasteiger charge is 2.47. The van der Waals surface area contributed by atoms with Crippen LogP contribution in [0.1, 0.15) is 30.9 Å². The van der Waals surface area contributed by atoms with E-state index in [2.05, 4.69) is 0 Å². The lowest BCUT2D eigenvalue weighted by Crippen LogP contribution is -2.19.